The lowest BCUT2D eigenvalue weighted by atomic mass is 10.0. The highest BCUT2D eigenvalue weighted by Crippen LogP contribution is 2.34. The summed E-state index contributed by atoms with van der Waals surface area (Å²) in [7, 11) is 0. The number of hydrogen-bond donors (Lipinski definition) is 1. The average Bonchev–Trinajstić information content (AvgIpc) is 2.69. The summed E-state index contributed by atoms with van der Waals surface area (Å²) in [6.45, 7) is 1.86. The molecule has 7 heteroatoms. The van der Waals surface area contributed by atoms with E-state index in [1.807, 2.05) is 37.3 Å². The number of aromatic nitrogens is 4. The van der Waals surface area contributed by atoms with Gasteiger partial charge < -0.3 is 10.5 Å². The van der Waals surface area contributed by atoms with E-state index < -0.39 is 5.82 Å². The fourth-order valence-corrected chi connectivity index (χ4v) is 2.76. The minimum Gasteiger partial charge on any atom is -0.438 e. The van der Waals surface area contributed by atoms with E-state index in [0.717, 1.165) is 11.3 Å². The highest BCUT2D eigenvalue weighted by molar-refractivity contribution is 5.74. The topological polar surface area (TPSA) is 86.8 Å². The molecule has 0 aliphatic heterocycles. The maximum atomic E-state index is 14.8. The van der Waals surface area contributed by atoms with Gasteiger partial charge in [0.1, 0.15) is 23.7 Å². The van der Waals surface area contributed by atoms with Gasteiger partial charge in [0.25, 0.3) is 0 Å². The zero-order valence-corrected chi connectivity index (χ0v) is 15.0. The van der Waals surface area contributed by atoms with Crippen molar-refractivity contribution in [3.8, 4) is 34.0 Å². The third kappa shape index (κ3) is 3.64. The van der Waals surface area contributed by atoms with Gasteiger partial charge in [0.15, 0.2) is 0 Å². The number of aryl methyl sites for hydroxylation is 1. The molecular formula is C21H16FN5O. The lowest BCUT2D eigenvalue weighted by molar-refractivity contribution is 0.462. The second-order valence-electron chi connectivity index (χ2n) is 6.12. The Labute approximate surface area is 160 Å². The SMILES string of the molecule is Cc1cc(Oc2ccccc2-c2ccc(-c3cnc(N)cn3)c(F)c2)ncn1. The number of nitrogen functional groups attached to an aromatic ring is 1. The van der Waals surface area contributed by atoms with Gasteiger partial charge in [0, 0.05) is 22.9 Å². The Morgan fingerprint density at radius 3 is 2.50 bits per heavy atom. The van der Waals surface area contributed by atoms with Crippen molar-refractivity contribution in [3.63, 3.8) is 0 Å². The predicted molar refractivity (Wildman–Crippen MR) is 104 cm³/mol. The Morgan fingerprint density at radius 2 is 1.75 bits per heavy atom. The number of para-hydroxylation sites is 1. The summed E-state index contributed by atoms with van der Waals surface area (Å²) >= 11 is 0. The summed E-state index contributed by atoms with van der Waals surface area (Å²) < 4.78 is 20.7. The minimum atomic E-state index is -0.413. The highest BCUT2D eigenvalue weighted by Gasteiger charge is 2.12. The molecule has 2 aromatic carbocycles. The molecule has 4 aromatic rings. The molecule has 0 fully saturated rings. The van der Waals surface area contributed by atoms with Crippen molar-refractivity contribution in [2.24, 2.45) is 0 Å². The number of halogens is 1. The molecule has 0 aliphatic rings. The van der Waals surface area contributed by atoms with Gasteiger partial charge in [-0.2, -0.15) is 0 Å². The monoisotopic (exact) mass is 373 g/mol. The third-order valence-electron chi connectivity index (χ3n) is 4.11. The zero-order chi connectivity index (χ0) is 19.5. The van der Waals surface area contributed by atoms with Crippen molar-refractivity contribution in [1.29, 1.82) is 0 Å². The fraction of sp³-hybridized carbons (Fsp3) is 0.0476. The number of ether oxygens (including phenoxy) is 1. The van der Waals surface area contributed by atoms with Crippen LogP contribution in [0, 0.1) is 12.7 Å². The normalized spacial score (nSPS) is 10.6. The molecule has 0 radical (unpaired) electrons. The van der Waals surface area contributed by atoms with Crippen molar-refractivity contribution in [2.45, 2.75) is 6.92 Å². The maximum absolute atomic E-state index is 14.8. The van der Waals surface area contributed by atoms with Crippen LogP contribution in [-0.4, -0.2) is 19.9 Å². The molecule has 0 bridgehead atoms. The highest BCUT2D eigenvalue weighted by atomic mass is 19.1. The zero-order valence-electron chi connectivity index (χ0n) is 15.0. The number of nitrogens with two attached hydrogens (primary N) is 1. The first-order chi connectivity index (χ1) is 13.6. The lowest BCUT2D eigenvalue weighted by Gasteiger charge is -2.12. The van der Waals surface area contributed by atoms with Gasteiger partial charge in [-0.15, -0.1) is 0 Å². The number of anilines is 1. The summed E-state index contributed by atoms with van der Waals surface area (Å²) in [5, 5.41) is 0. The third-order valence-corrected chi connectivity index (χ3v) is 4.11. The molecule has 2 N–H and O–H groups in total. The van der Waals surface area contributed by atoms with Crippen molar-refractivity contribution >= 4 is 5.82 Å². The van der Waals surface area contributed by atoms with Crippen LogP contribution >= 0.6 is 0 Å². The molecule has 0 amide bonds. The van der Waals surface area contributed by atoms with Crippen LogP contribution in [0.25, 0.3) is 22.4 Å². The van der Waals surface area contributed by atoms with Crippen LogP contribution in [0.4, 0.5) is 10.2 Å². The Bertz CT molecular complexity index is 1130. The summed E-state index contributed by atoms with van der Waals surface area (Å²) in [6.07, 6.45) is 4.28. The molecule has 28 heavy (non-hydrogen) atoms. The van der Waals surface area contributed by atoms with Crippen LogP contribution in [-0.2, 0) is 0 Å². The van der Waals surface area contributed by atoms with E-state index in [1.54, 1.807) is 12.1 Å². The molecule has 2 aromatic heterocycles. The van der Waals surface area contributed by atoms with Gasteiger partial charge in [-0.25, -0.2) is 19.3 Å². The van der Waals surface area contributed by atoms with Gasteiger partial charge in [-0.1, -0.05) is 24.3 Å². The van der Waals surface area contributed by atoms with Crippen LogP contribution < -0.4 is 10.5 Å². The molecule has 0 spiro atoms. The number of benzene rings is 2. The predicted octanol–water partition coefficient (Wildman–Crippen LogP) is 4.42. The fourth-order valence-electron chi connectivity index (χ4n) is 2.76. The summed E-state index contributed by atoms with van der Waals surface area (Å²) in [4.78, 5) is 16.3. The molecule has 0 atom stereocenters. The van der Waals surface area contributed by atoms with E-state index >= 15 is 0 Å². The Morgan fingerprint density at radius 1 is 0.893 bits per heavy atom. The van der Waals surface area contributed by atoms with E-state index in [4.69, 9.17) is 10.5 Å². The second kappa shape index (κ2) is 7.40. The summed E-state index contributed by atoms with van der Waals surface area (Å²) in [6, 6.07) is 14.0. The number of hydrogen-bond acceptors (Lipinski definition) is 6. The van der Waals surface area contributed by atoms with E-state index in [9.17, 15) is 4.39 Å². The summed E-state index contributed by atoms with van der Waals surface area (Å²) in [5.74, 6) is 0.866. The first-order valence-corrected chi connectivity index (χ1v) is 8.53. The van der Waals surface area contributed by atoms with Crippen LogP contribution in [0.15, 0.2) is 67.3 Å². The first-order valence-electron chi connectivity index (χ1n) is 8.53. The van der Waals surface area contributed by atoms with Gasteiger partial charge in [-0.3, -0.25) is 4.98 Å². The van der Waals surface area contributed by atoms with Crippen LogP contribution in [0.5, 0.6) is 11.6 Å². The van der Waals surface area contributed by atoms with E-state index in [0.29, 0.717) is 28.5 Å². The van der Waals surface area contributed by atoms with E-state index in [2.05, 4.69) is 19.9 Å². The molecule has 6 nitrogen and oxygen atoms in total. The lowest BCUT2D eigenvalue weighted by Crippen LogP contribution is -1.95. The Kier molecular flexibility index (Phi) is 4.63. The summed E-state index contributed by atoms with van der Waals surface area (Å²) in [5.41, 5.74) is 8.52. The van der Waals surface area contributed by atoms with E-state index in [-0.39, 0.29) is 5.82 Å². The molecule has 0 unspecified atom stereocenters. The smallest absolute Gasteiger partial charge is 0.222 e. The molecule has 4 rings (SSSR count). The van der Waals surface area contributed by atoms with Crippen LogP contribution in [0.1, 0.15) is 5.69 Å². The molecule has 0 saturated carbocycles. The maximum Gasteiger partial charge on any atom is 0.222 e. The molecular weight excluding hydrogens is 357 g/mol. The van der Waals surface area contributed by atoms with Crippen molar-refractivity contribution in [1.82, 2.24) is 19.9 Å². The van der Waals surface area contributed by atoms with Crippen molar-refractivity contribution < 1.29 is 9.13 Å². The first kappa shape index (κ1) is 17.5. The quantitative estimate of drug-likeness (QED) is 0.570. The van der Waals surface area contributed by atoms with Gasteiger partial charge in [0.05, 0.1) is 18.1 Å². The van der Waals surface area contributed by atoms with Crippen LogP contribution in [0.2, 0.25) is 0 Å². The van der Waals surface area contributed by atoms with E-state index in [1.165, 1.54) is 24.8 Å². The second-order valence-corrected chi connectivity index (χ2v) is 6.12. The largest absolute Gasteiger partial charge is 0.438 e. The van der Waals surface area contributed by atoms with Gasteiger partial charge >= 0.3 is 0 Å². The minimum absolute atomic E-state index is 0.284. The Hall–Kier alpha value is -3.87. The average molecular weight is 373 g/mol. The molecule has 2 heterocycles. The Balaban J connectivity index is 1.70. The molecule has 0 saturated heterocycles. The van der Waals surface area contributed by atoms with Gasteiger partial charge in [0.2, 0.25) is 5.88 Å². The van der Waals surface area contributed by atoms with Crippen molar-refractivity contribution in [2.75, 3.05) is 5.73 Å². The van der Waals surface area contributed by atoms with Crippen molar-refractivity contribution in [3.05, 3.63) is 78.8 Å². The molecule has 138 valence electrons. The molecule has 0 aliphatic carbocycles. The van der Waals surface area contributed by atoms with Crippen LogP contribution in [0.3, 0.4) is 0 Å². The van der Waals surface area contributed by atoms with Gasteiger partial charge in [-0.05, 0) is 30.7 Å². The number of nitrogens with zero attached hydrogens (tertiary/aromatic N) is 4. The standard InChI is InChI=1S/C21H16FN5O/c1-13-8-21(27-12-26-13)28-19-5-3-2-4-15(19)14-6-7-16(17(22)9-14)18-10-25-20(23)11-24-18/h2-12H,1H3,(H2,23,25). The number of rotatable bonds is 4.